The Morgan fingerprint density at radius 3 is 1.77 bits per heavy atom. The second kappa shape index (κ2) is 6.42. The van der Waals surface area contributed by atoms with E-state index < -0.39 is 0 Å². The highest BCUT2D eigenvalue weighted by molar-refractivity contribution is 4.95. The molecule has 1 nitrogen and oxygen atoms in total. The van der Waals surface area contributed by atoms with E-state index in [1.54, 1.807) is 0 Å². The van der Waals surface area contributed by atoms with Crippen molar-refractivity contribution in [1.29, 1.82) is 0 Å². The van der Waals surface area contributed by atoms with Crippen LogP contribution in [0.4, 0.5) is 0 Å². The summed E-state index contributed by atoms with van der Waals surface area (Å²) in [6, 6.07) is 1.83. The molecule has 0 N–H and O–H groups in total. The molecule has 1 aliphatic heterocycles. The third-order valence-corrected chi connectivity index (χ3v) is 3.35. The third-order valence-electron chi connectivity index (χ3n) is 3.35. The molecule has 0 radical (unpaired) electrons. The van der Waals surface area contributed by atoms with Crippen LogP contribution in [0.5, 0.6) is 0 Å². The van der Waals surface area contributed by atoms with Gasteiger partial charge in [0.2, 0.25) is 0 Å². The molecule has 1 saturated heterocycles. The largest absolute Gasteiger partial charge is 0.300 e. The highest BCUT2D eigenvalue weighted by Gasteiger charge is 2.40. The average molecular weight is 185 g/mol. The summed E-state index contributed by atoms with van der Waals surface area (Å²) in [5.74, 6) is 1.04. The van der Waals surface area contributed by atoms with E-state index in [4.69, 9.17) is 0 Å². The Labute approximate surface area is 84.5 Å². The second-order valence-electron chi connectivity index (χ2n) is 3.63. The Bertz CT molecular complexity index is 104. The van der Waals surface area contributed by atoms with Crippen molar-refractivity contribution in [3.63, 3.8) is 0 Å². The van der Waals surface area contributed by atoms with Crippen LogP contribution in [0.15, 0.2) is 0 Å². The number of rotatable bonds is 0. The van der Waals surface area contributed by atoms with E-state index in [2.05, 4.69) is 18.9 Å². The van der Waals surface area contributed by atoms with Gasteiger partial charge in [-0.25, -0.2) is 0 Å². The van der Waals surface area contributed by atoms with Crippen molar-refractivity contribution in [3.05, 3.63) is 0 Å². The van der Waals surface area contributed by atoms with Crippen LogP contribution in [-0.4, -0.2) is 24.0 Å². The molecule has 3 atom stereocenters. The second-order valence-corrected chi connectivity index (χ2v) is 3.63. The highest BCUT2D eigenvalue weighted by Crippen LogP contribution is 2.40. The van der Waals surface area contributed by atoms with Gasteiger partial charge in [-0.3, -0.25) is 0 Å². The topological polar surface area (TPSA) is 3.24 Å². The van der Waals surface area contributed by atoms with Crippen molar-refractivity contribution in [2.75, 3.05) is 7.05 Å². The molecule has 3 unspecified atom stereocenters. The van der Waals surface area contributed by atoms with Gasteiger partial charge in [0.05, 0.1) is 0 Å². The summed E-state index contributed by atoms with van der Waals surface area (Å²) in [6.07, 6.45) is 4.44. The molecular weight excluding hydrogens is 158 g/mol. The SMILES string of the molecule is CC.CC.CC1C2CCC(C2)N1C. The smallest absolute Gasteiger partial charge is 0.00984 e. The zero-order valence-corrected chi connectivity index (χ0v) is 10.3. The van der Waals surface area contributed by atoms with E-state index in [1.807, 2.05) is 27.7 Å². The zero-order chi connectivity index (χ0) is 10.4. The number of hydrogen-bond acceptors (Lipinski definition) is 1. The molecule has 2 bridgehead atoms. The molecule has 13 heavy (non-hydrogen) atoms. The van der Waals surface area contributed by atoms with Gasteiger partial charge >= 0.3 is 0 Å². The Morgan fingerprint density at radius 1 is 1.00 bits per heavy atom. The fraction of sp³-hybridized carbons (Fsp3) is 1.00. The molecule has 0 amide bonds. The lowest BCUT2D eigenvalue weighted by Crippen LogP contribution is -2.35. The summed E-state index contributed by atoms with van der Waals surface area (Å²) in [4.78, 5) is 2.55. The van der Waals surface area contributed by atoms with Crippen molar-refractivity contribution < 1.29 is 0 Å². The van der Waals surface area contributed by atoms with Gasteiger partial charge in [0.25, 0.3) is 0 Å². The summed E-state index contributed by atoms with van der Waals surface area (Å²) in [5, 5.41) is 0. The number of piperidine rings is 1. The van der Waals surface area contributed by atoms with Gasteiger partial charge in [-0.2, -0.15) is 0 Å². The first-order valence-corrected chi connectivity index (χ1v) is 6.01. The van der Waals surface area contributed by atoms with Crippen molar-refractivity contribution in [2.24, 2.45) is 5.92 Å². The fourth-order valence-electron chi connectivity index (χ4n) is 2.46. The van der Waals surface area contributed by atoms with Gasteiger partial charge in [-0.1, -0.05) is 27.7 Å². The maximum atomic E-state index is 2.55. The van der Waals surface area contributed by atoms with Gasteiger partial charge in [-0.15, -0.1) is 0 Å². The van der Waals surface area contributed by atoms with E-state index in [9.17, 15) is 0 Å². The molecule has 0 aromatic rings. The maximum Gasteiger partial charge on any atom is 0.00984 e. The molecule has 0 aromatic heterocycles. The Kier molecular flexibility index (Phi) is 6.40. The quantitative estimate of drug-likeness (QED) is 0.558. The molecule has 1 aliphatic carbocycles. The zero-order valence-electron chi connectivity index (χ0n) is 10.3. The van der Waals surface area contributed by atoms with E-state index in [0.717, 1.165) is 18.0 Å². The summed E-state index contributed by atoms with van der Waals surface area (Å²) in [7, 11) is 2.27. The molecular formula is C12H27N. The lowest BCUT2D eigenvalue weighted by atomic mass is 10.0. The lowest BCUT2D eigenvalue weighted by molar-refractivity contribution is 0.190. The fourth-order valence-corrected chi connectivity index (χ4v) is 2.46. The Balaban J connectivity index is 0.000000322. The Morgan fingerprint density at radius 2 is 1.54 bits per heavy atom. The van der Waals surface area contributed by atoms with Crippen LogP contribution in [0.2, 0.25) is 0 Å². The minimum Gasteiger partial charge on any atom is -0.300 e. The molecule has 0 aromatic carbocycles. The third kappa shape index (κ3) is 2.70. The van der Waals surface area contributed by atoms with E-state index in [1.165, 1.54) is 19.3 Å². The summed E-state index contributed by atoms with van der Waals surface area (Å²) < 4.78 is 0. The number of hydrogen-bond donors (Lipinski definition) is 0. The van der Waals surface area contributed by atoms with E-state index in [0.29, 0.717) is 0 Å². The van der Waals surface area contributed by atoms with Crippen molar-refractivity contribution in [1.82, 2.24) is 4.90 Å². The summed E-state index contributed by atoms with van der Waals surface area (Å²) in [5.41, 5.74) is 0. The highest BCUT2D eigenvalue weighted by atomic mass is 15.2. The minimum atomic E-state index is 0.878. The first-order valence-electron chi connectivity index (χ1n) is 6.01. The van der Waals surface area contributed by atoms with Gasteiger partial charge in [-0.05, 0) is 39.2 Å². The van der Waals surface area contributed by atoms with Crippen molar-refractivity contribution >= 4 is 0 Å². The monoisotopic (exact) mass is 185 g/mol. The molecule has 1 saturated carbocycles. The predicted octanol–water partition coefficient (Wildman–Crippen LogP) is 3.54. The van der Waals surface area contributed by atoms with Crippen LogP contribution >= 0.6 is 0 Å². The van der Waals surface area contributed by atoms with Gasteiger partial charge < -0.3 is 4.90 Å². The van der Waals surface area contributed by atoms with Crippen LogP contribution < -0.4 is 0 Å². The molecule has 1 heteroatoms. The summed E-state index contributed by atoms with van der Waals surface area (Å²) in [6.45, 7) is 10.4. The molecule has 2 aliphatic rings. The van der Waals surface area contributed by atoms with Gasteiger partial charge in [0.15, 0.2) is 0 Å². The molecule has 2 rings (SSSR count). The standard InChI is InChI=1S/C8H15N.2C2H6/c1-6-7-3-4-8(5-7)9(6)2;2*1-2/h6-8H,3-5H2,1-2H3;2*1-2H3. The summed E-state index contributed by atoms with van der Waals surface area (Å²) >= 11 is 0. The van der Waals surface area contributed by atoms with Crippen LogP contribution in [0.3, 0.4) is 0 Å². The molecule has 80 valence electrons. The van der Waals surface area contributed by atoms with Crippen LogP contribution in [0, 0.1) is 5.92 Å². The van der Waals surface area contributed by atoms with Crippen molar-refractivity contribution in [3.8, 4) is 0 Å². The number of likely N-dealkylation sites (tertiary alicyclic amines) is 1. The van der Waals surface area contributed by atoms with E-state index in [-0.39, 0.29) is 0 Å². The van der Waals surface area contributed by atoms with Gasteiger partial charge in [0.1, 0.15) is 0 Å². The molecule has 2 fully saturated rings. The van der Waals surface area contributed by atoms with Crippen LogP contribution in [-0.2, 0) is 0 Å². The molecule has 0 spiro atoms. The predicted molar refractivity (Wildman–Crippen MR) is 61.1 cm³/mol. The minimum absolute atomic E-state index is 0.878. The van der Waals surface area contributed by atoms with Crippen LogP contribution in [0.1, 0.15) is 53.9 Å². The maximum absolute atomic E-state index is 2.55. The first-order chi connectivity index (χ1) is 6.29. The first kappa shape index (κ1) is 13.0. The lowest BCUT2D eigenvalue weighted by Gasteiger charge is -2.28. The van der Waals surface area contributed by atoms with Crippen molar-refractivity contribution in [2.45, 2.75) is 66.0 Å². The van der Waals surface area contributed by atoms with Gasteiger partial charge in [0, 0.05) is 12.1 Å². The van der Waals surface area contributed by atoms with Crippen LogP contribution in [0.25, 0.3) is 0 Å². The molecule has 1 heterocycles. The number of nitrogens with zero attached hydrogens (tertiary/aromatic N) is 1. The van der Waals surface area contributed by atoms with E-state index >= 15 is 0 Å². The normalized spacial score (nSPS) is 36.0. The number of fused-ring (bicyclic) bond motifs is 2. The Hall–Kier alpha value is -0.0400. The average Bonchev–Trinajstić information content (AvgIpc) is 2.78.